The number of aromatic nitrogens is 2. The van der Waals surface area contributed by atoms with Gasteiger partial charge in [0.25, 0.3) is 6.47 Å². The van der Waals surface area contributed by atoms with Gasteiger partial charge in [-0.3, -0.25) is 4.79 Å². The molecule has 5 rings (SSSR count). The van der Waals surface area contributed by atoms with Gasteiger partial charge in [0.2, 0.25) is 0 Å². The first-order valence-corrected chi connectivity index (χ1v) is 10.7. The molecular weight excluding hydrogens is 376 g/mol. The molecule has 2 aliphatic heterocycles. The summed E-state index contributed by atoms with van der Waals surface area (Å²) in [5.74, 6) is 1.92. The largest absolute Gasteiger partial charge is 0.483 e. The van der Waals surface area contributed by atoms with E-state index >= 15 is 0 Å². The van der Waals surface area contributed by atoms with Gasteiger partial charge < -0.3 is 19.9 Å². The van der Waals surface area contributed by atoms with Crippen molar-refractivity contribution in [3.63, 3.8) is 0 Å². The van der Waals surface area contributed by atoms with Crippen LogP contribution in [0, 0.1) is 5.92 Å². The van der Waals surface area contributed by atoms with Crippen LogP contribution in [0.2, 0.25) is 0 Å². The highest BCUT2D eigenvalue weighted by atomic mass is 16.3. The van der Waals surface area contributed by atoms with Gasteiger partial charge in [0.05, 0.1) is 11.0 Å². The number of carbonyl (C=O) groups is 1. The Morgan fingerprint density at radius 1 is 1.20 bits per heavy atom. The number of fused-ring (bicyclic) bond motifs is 3. The number of imidazole rings is 1. The summed E-state index contributed by atoms with van der Waals surface area (Å²) in [6, 6.07) is 16.0. The summed E-state index contributed by atoms with van der Waals surface area (Å²) < 4.78 is 2.49. The maximum absolute atomic E-state index is 8.36. The fourth-order valence-corrected chi connectivity index (χ4v) is 4.50. The highest BCUT2D eigenvalue weighted by molar-refractivity contribution is 5.86. The number of hydrogen-bond acceptors (Lipinski definition) is 4. The molecule has 158 valence electrons. The van der Waals surface area contributed by atoms with Gasteiger partial charge in [-0.25, -0.2) is 4.98 Å². The maximum atomic E-state index is 8.36. The van der Waals surface area contributed by atoms with Crippen molar-refractivity contribution in [2.24, 2.45) is 5.92 Å². The number of anilines is 1. The second-order valence-electron chi connectivity index (χ2n) is 8.36. The topological polar surface area (TPSA) is 70.4 Å². The number of nitrogens with one attached hydrogen (secondary N) is 1. The Bertz CT molecular complexity index is 1010. The normalized spacial score (nSPS) is 18.3. The molecule has 6 nitrogen and oxygen atoms in total. The highest BCUT2D eigenvalue weighted by Crippen LogP contribution is 2.35. The van der Waals surface area contributed by atoms with Crippen molar-refractivity contribution in [1.29, 1.82) is 0 Å². The van der Waals surface area contributed by atoms with Crippen LogP contribution in [-0.4, -0.2) is 47.3 Å². The van der Waals surface area contributed by atoms with Crippen molar-refractivity contribution in [2.75, 3.05) is 25.0 Å². The molecule has 1 fully saturated rings. The zero-order chi connectivity index (χ0) is 21.1. The van der Waals surface area contributed by atoms with Crippen LogP contribution >= 0.6 is 0 Å². The molecule has 0 aliphatic carbocycles. The number of nitrogens with zero attached hydrogens (tertiary/aromatic N) is 3. The van der Waals surface area contributed by atoms with Gasteiger partial charge >= 0.3 is 0 Å². The average molecular weight is 407 g/mol. The molecule has 2 N–H and O–H groups in total. The second-order valence-corrected chi connectivity index (χ2v) is 8.36. The van der Waals surface area contributed by atoms with E-state index in [4.69, 9.17) is 14.9 Å². The van der Waals surface area contributed by atoms with Crippen LogP contribution in [0.3, 0.4) is 0 Å². The summed E-state index contributed by atoms with van der Waals surface area (Å²) in [6.07, 6.45) is 3.23. The zero-order valence-corrected chi connectivity index (χ0v) is 17.7. The molecule has 0 spiro atoms. The van der Waals surface area contributed by atoms with E-state index in [0.717, 1.165) is 38.4 Å². The Morgan fingerprint density at radius 3 is 2.60 bits per heavy atom. The van der Waals surface area contributed by atoms with Crippen LogP contribution in [0.4, 0.5) is 5.69 Å². The van der Waals surface area contributed by atoms with Crippen LogP contribution in [0.25, 0.3) is 11.0 Å². The quantitative estimate of drug-likeness (QED) is 0.651. The monoisotopic (exact) mass is 406 g/mol. The van der Waals surface area contributed by atoms with E-state index in [2.05, 4.69) is 71.2 Å². The Hall–Kier alpha value is -2.86. The number of rotatable bonds is 4. The molecular formula is C24H30N4O2. The smallest absolute Gasteiger partial charge is 0.290 e. The summed E-state index contributed by atoms with van der Waals surface area (Å²) in [6.45, 7) is 5.37. The molecule has 3 aromatic rings. The maximum Gasteiger partial charge on any atom is 0.290 e. The first-order chi connectivity index (χ1) is 14.6. The molecule has 2 aromatic carbocycles. The minimum Gasteiger partial charge on any atom is -0.483 e. The Balaban J connectivity index is 0.000000687. The lowest BCUT2D eigenvalue weighted by atomic mass is 9.96. The van der Waals surface area contributed by atoms with E-state index in [-0.39, 0.29) is 6.47 Å². The van der Waals surface area contributed by atoms with Gasteiger partial charge in [0, 0.05) is 56.3 Å². The predicted octanol–water partition coefficient (Wildman–Crippen LogP) is 3.32. The van der Waals surface area contributed by atoms with E-state index in [1.165, 1.54) is 40.1 Å². The van der Waals surface area contributed by atoms with Crippen LogP contribution in [-0.2, 0) is 24.2 Å². The van der Waals surface area contributed by atoms with Gasteiger partial charge in [-0.1, -0.05) is 30.3 Å². The third-order valence-electron chi connectivity index (χ3n) is 6.45. The van der Waals surface area contributed by atoms with Crippen molar-refractivity contribution < 1.29 is 9.90 Å². The van der Waals surface area contributed by atoms with Crippen LogP contribution in [0.5, 0.6) is 0 Å². The number of benzene rings is 2. The number of hydrogen-bond donors (Lipinski definition) is 2. The Labute approximate surface area is 177 Å². The fraction of sp³-hybridized carbons (Fsp3) is 0.417. The van der Waals surface area contributed by atoms with Crippen LogP contribution in [0.1, 0.15) is 30.3 Å². The molecule has 1 unspecified atom stereocenters. The minimum atomic E-state index is -0.250. The third-order valence-corrected chi connectivity index (χ3v) is 6.45. The predicted molar refractivity (Wildman–Crippen MR) is 120 cm³/mol. The summed E-state index contributed by atoms with van der Waals surface area (Å²) in [5, 5.41) is 10.3. The Morgan fingerprint density at radius 2 is 1.93 bits per heavy atom. The van der Waals surface area contributed by atoms with E-state index < -0.39 is 0 Å². The summed E-state index contributed by atoms with van der Waals surface area (Å²) in [5.41, 5.74) is 6.68. The first-order valence-electron chi connectivity index (χ1n) is 10.7. The molecule has 3 heterocycles. The van der Waals surface area contributed by atoms with Gasteiger partial charge in [-0.05, 0) is 37.5 Å². The summed E-state index contributed by atoms with van der Waals surface area (Å²) in [4.78, 5) is 16.0. The van der Waals surface area contributed by atoms with Crippen LogP contribution < -0.4 is 10.2 Å². The van der Waals surface area contributed by atoms with Gasteiger partial charge in [0.15, 0.2) is 0 Å². The molecule has 1 saturated heterocycles. The third kappa shape index (κ3) is 3.92. The van der Waals surface area contributed by atoms with Gasteiger partial charge in [-0.15, -0.1) is 0 Å². The van der Waals surface area contributed by atoms with Crippen molar-refractivity contribution in [2.45, 2.75) is 38.8 Å². The highest BCUT2D eigenvalue weighted by Gasteiger charge is 2.26. The second kappa shape index (κ2) is 8.88. The summed E-state index contributed by atoms with van der Waals surface area (Å²) in [7, 11) is 2.22. The molecule has 0 amide bonds. The van der Waals surface area contributed by atoms with E-state index in [9.17, 15) is 0 Å². The average Bonchev–Trinajstić information content (AvgIpc) is 3.06. The van der Waals surface area contributed by atoms with Gasteiger partial charge in [0.1, 0.15) is 5.82 Å². The molecule has 2 aliphatic rings. The number of carboxylic acid groups (broad SMARTS) is 1. The molecule has 1 aromatic heterocycles. The fourth-order valence-electron chi connectivity index (χ4n) is 4.50. The molecule has 0 radical (unpaired) electrons. The van der Waals surface area contributed by atoms with Crippen molar-refractivity contribution >= 4 is 23.2 Å². The molecule has 0 saturated carbocycles. The van der Waals surface area contributed by atoms with Crippen molar-refractivity contribution in [3.8, 4) is 0 Å². The number of aryl methyl sites for hydroxylation is 1. The standard InChI is InChI=1S/C23H28N4.CH2O2/c1-16-8-9-19-20(26(16)2)10-11-21-23(19)25-22(12-17-6-4-3-5-7-17)27(21)15-18-13-24-14-18;2-1-3/h3-7,10-11,16,18,24H,8-9,12-15H2,1-2H3;1H,(H,2,3). The molecule has 1 atom stereocenters. The van der Waals surface area contributed by atoms with E-state index in [0.29, 0.717) is 6.04 Å². The Kier molecular flexibility index (Phi) is 6.04. The summed E-state index contributed by atoms with van der Waals surface area (Å²) >= 11 is 0. The zero-order valence-electron chi connectivity index (χ0n) is 17.7. The molecule has 0 bridgehead atoms. The van der Waals surface area contributed by atoms with Gasteiger partial charge in [-0.2, -0.15) is 0 Å². The minimum absolute atomic E-state index is 0.250. The lowest BCUT2D eigenvalue weighted by Crippen LogP contribution is -2.44. The van der Waals surface area contributed by atoms with E-state index in [1.807, 2.05) is 0 Å². The SMILES string of the molecule is CC1CCc2c(ccc3c2nc(Cc2ccccc2)n3CC2CNC2)N1C.O=CO. The van der Waals surface area contributed by atoms with Crippen molar-refractivity contribution in [3.05, 3.63) is 59.4 Å². The van der Waals surface area contributed by atoms with Crippen molar-refractivity contribution in [1.82, 2.24) is 14.9 Å². The first kappa shape index (κ1) is 20.4. The lowest BCUT2D eigenvalue weighted by molar-refractivity contribution is -0.122. The molecule has 6 heteroatoms. The van der Waals surface area contributed by atoms with Crippen LogP contribution in [0.15, 0.2) is 42.5 Å². The van der Waals surface area contributed by atoms with E-state index in [1.54, 1.807) is 0 Å². The molecule has 30 heavy (non-hydrogen) atoms. The lowest BCUT2D eigenvalue weighted by Gasteiger charge is -2.34.